The molecule has 2 rings (SSSR count). The van der Waals surface area contributed by atoms with Gasteiger partial charge in [0, 0.05) is 44.9 Å². The summed E-state index contributed by atoms with van der Waals surface area (Å²) in [6.45, 7) is 4.44. The fraction of sp³-hybridized carbons (Fsp3) is 0.611. The number of methoxy groups -OCH3 is 2. The van der Waals surface area contributed by atoms with Gasteiger partial charge in [-0.3, -0.25) is 0 Å². The zero-order valence-corrected chi connectivity index (χ0v) is 16.8. The van der Waals surface area contributed by atoms with Crippen molar-refractivity contribution in [3.8, 4) is 11.5 Å². The lowest BCUT2D eigenvalue weighted by Crippen LogP contribution is -2.52. The minimum atomic E-state index is 0.00376. The molecule has 0 unspecified atom stereocenters. The van der Waals surface area contributed by atoms with Crippen LogP contribution in [0.15, 0.2) is 12.1 Å². The van der Waals surface area contributed by atoms with Crippen LogP contribution in [-0.4, -0.2) is 83.4 Å². The smallest absolute Gasteiger partial charge is 0.317 e. The number of piperazine rings is 1. The number of carbonyl (C=O) groups excluding carboxylic acids is 1. The van der Waals surface area contributed by atoms with Crippen molar-refractivity contribution in [1.82, 2.24) is 15.1 Å². The van der Waals surface area contributed by atoms with Crippen molar-refractivity contribution in [2.45, 2.75) is 6.42 Å². The Hall–Kier alpha value is -1.86. The molecule has 0 aromatic heterocycles. The number of hydrogen-bond acceptors (Lipinski definition) is 5. The number of urea groups is 1. The number of halogens is 1. The molecule has 1 fully saturated rings. The van der Waals surface area contributed by atoms with Crippen LogP contribution < -0.4 is 19.7 Å². The van der Waals surface area contributed by atoms with E-state index in [-0.39, 0.29) is 6.03 Å². The molecule has 7 nitrogen and oxygen atoms in total. The van der Waals surface area contributed by atoms with Crippen LogP contribution in [-0.2, 0) is 0 Å². The van der Waals surface area contributed by atoms with Crippen molar-refractivity contribution in [3.05, 3.63) is 17.2 Å². The maximum absolute atomic E-state index is 12.3. The van der Waals surface area contributed by atoms with E-state index in [1.165, 1.54) is 0 Å². The van der Waals surface area contributed by atoms with E-state index in [0.29, 0.717) is 36.2 Å². The predicted molar refractivity (Wildman–Crippen MR) is 105 cm³/mol. The van der Waals surface area contributed by atoms with Gasteiger partial charge in [0.05, 0.1) is 24.9 Å². The number of benzene rings is 1. The van der Waals surface area contributed by atoms with Crippen molar-refractivity contribution in [2.75, 3.05) is 72.5 Å². The van der Waals surface area contributed by atoms with Gasteiger partial charge in [0.25, 0.3) is 0 Å². The highest BCUT2D eigenvalue weighted by Gasteiger charge is 2.24. The molecule has 0 spiro atoms. The van der Waals surface area contributed by atoms with Crippen molar-refractivity contribution in [2.24, 2.45) is 0 Å². The van der Waals surface area contributed by atoms with Crippen molar-refractivity contribution < 1.29 is 14.3 Å². The summed E-state index contributed by atoms with van der Waals surface area (Å²) in [6, 6.07) is 3.65. The highest BCUT2D eigenvalue weighted by molar-refractivity contribution is 6.32. The second-order valence-electron chi connectivity index (χ2n) is 6.52. The molecule has 1 aromatic rings. The first-order valence-corrected chi connectivity index (χ1v) is 9.18. The topological polar surface area (TPSA) is 57.3 Å². The number of carbonyl (C=O) groups is 1. The van der Waals surface area contributed by atoms with Crippen LogP contribution in [0, 0.1) is 0 Å². The van der Waals surface area contributed by atoms with Gasteiger partial charge < -0.3 is 29.5 Å². The van der Waals surface area contributed by atoms with Crippen LogP contribution in [0.25, 0.3) is 0 Å². The minimum Gasteiger partial charge on any atom is -0.495 e. The number of hydrogen-bond donors (Lipinski definition) is 1. The van der Waals surface area contributed by atoms with Gasteiger partial charge in [-0.2, -0.15) is 0 Å². The molecule has 1 saturated heterocycles. The number of amides is 2. The van der Waals surface area contributed by atoms with E-state index in [1.54, 1.807) is 20.3 Å². The Balaban J connectivity index is 1.91. The molecule has 146 valence electrons. The van der Waals surface area contributed by atoms with Crippen molar-refractivity contribution in [1.29, 1.82) is 0 Å². The minimum absolute atomic E-state index is 0.00376. The summed E-state index contributed by atoms with van der Waals surface area (Å²) in [4.78, 5) is 18.4. The van der Waals surface area contributed by atoms with E-state index in [2.05, 4.69) is 15.1 Å². The van der Waals surface area contributed by atoms with Crippen LogP contribution in [0.5, 0.6) is 11.5 Å². The fourth-order valence-electron chi connectivity index (χ4n) is 2.94. The van der Waals surface area contributed by atoms with Gasteiger partial charge in [-0.15, -0.1) is 0 Å². The lowest BCUT2D eigenvalue weighted by atomic mass is 10.2. The molecule has 0 aliphatic carbocycles. The summed E-state index contributed by atoms with van der Waals surface area (Å²) in [5.74, 6) is 1.32. The molecule has 0 radical (unpaired) electrons. The maximum atomic E-state index is 12.3. The highest BCUT2D eigenvalue weighted by atomic mass is 35.5. The molecule has 0 atom stereocenters. The molecule has 26 heavy (non-hydrogen) atoms. The molecular formula is C18H29ClN4O3. The third-order valence-electron chi connectivity index (χ3n) is 4.42. The molecular weight excluding hydrogens is 356 g/mol. The maximum Gasteiger partial charge on any atom is 0.317 e. The molecule has 1 N–H and O–H groups in total. The second kappa shape index (κ2) is 9.73. The van der Waals surface area contributed by atoms with E-state index < -0.39 is 0 Å². The Morgan fingerprint density at radius 3 is 2.38 bits per heavy atom. The van der Waals surface area contributed by atoms with E-state index in [0.717, 1.165) is 31.7 Å². The molecule has 1 aliphatic heterocycles. The van der Waals surface area contributed by atoms with E-state index in [4.69, 9.17) is 21.1 Å². The normalized spacial score (nSPS) is 14.5. The fourth-order valence-corrected chi connectivity index (χ4v) is 3.18. The summed E-state index contributed by atoms with van der Waals surface area (Å²) in [6.07, 6.45) is 0.945. The molecule has 0 saturated carbocycles. The van der Waals surface area contributed by atoms with Gasteiger partial charge >= 0.3 is 6.03 Å². The molecule has 1 heterocycles. The lowest BCUT2D eigenvalue weighted by Gasteiger charge is -2.36. The number of rotatable bonds is 7. The first-order chi connectivity index (χ1) is 12.5. The molecule has 8 heteroatoms. The molecule has 0 bridgehead atoms. The quantitative estimate of drug-likeness (QED) is 0.730. The monoisotopic (exact) mass is 384 g/mol. The van der Waals surface area contributed by atoms with Crippen LogP contribution in [0.3, 0.4) is 0 Å². The van der Waals surface area contributed by atoms with Crippen LogP contribution in [0.2, 0.25) is 5.02 Å². The third kappa shape index (κ3) is 5.32. The number of anilines is 1. The summed E-state index contributed by atoms with van der Waals surface area (Å²) >= 11 is 6.18. The summed E-state index contributed by atoms with van der Waals surface area (Å²) in [5, 5.41) is 3.51. The van der Waals surface area contributed by atoms with E-state index in [1.807, 2.05) is 25.1 Å². The predicted octanol–water partition coefficient (Wildman–Crippen LogP) is 2.14. The van der Waals surface area contributed by atoms with Crippen molar-refractivity contribution in [3.63, 3.8) is 0 Å². The van der Waals surface area contributed by atoms with Gasteiger partial charge in [0.15, 0.2) is 0 Å². The van der Waals surface area contributed by atoms with Gasteiger partial charge in [0.1, 0.15) is 11.5 Å². The van der Waals surface area contributed by atoms with Gasteiger partial charge in [0.2, 0.25) is 0 Å². The molecule has 1 aliphatic rings. The Kier molecular flexibility index (Phi) is 7.66. The van der Waals surface area contributed by atoms with Gasteiger partial charge in [-0.25, -0.2) is 4.79 Å². The second-order valence-corrected chi connectivity index (χ2v) is 6.93. The Labute approximate surface area is 160 Å². The van der Waals surface area contributed by atoms with Crippen LogP contribution >= 0.6 is 11.6 Å². The zero-order chi connectivity index (χ0) is 19.1. The zero-order valence-electron chi connectivity index (χ0n) is 16.0. The first kappa shape index (κ1) is 20.5. The van der Waals surface area contributed by atoms with Crippen LogP contribution in [0.4, 0.5) is 10.5 Å². The summed E-state index contributed by atoms with van der Waals surface area (Å²) < 4.78 is 10.8. The largest absolute Gasteiger partial charge is 0.495 e. The van der Waals surface area contributed by atoms with Crippen molar-refractivity contribution >= 4 is 23.3 Å². The van der Waals surface area contributed by atoms with Gasteiger partial charge in [-0.1, -0.05) is 11.6 Å². The van der Waals surface area contributed by atoms with E-state index in [9.17, 15) is 4.79 Å². The van der Waals surface area contributed by atoms with Gasteiger partial charge in [-0.05, 0) is 27.1 Å². The first-order valence-electron chi connectivity index (χ1n) is 8.80. The summed E-state index contributed by atoms with van der Waals surface area (Å²) in [7, 11) is 7.28. The SMILES string of the molecule is COc1cc(N2CCN(C(=O)NCCCN(C)C)CC2)c(OC)cc1Cl. The Morgan fingerprint density at radius 2 is 1.81 bits per heavy atom. The lowest BCUT2D eigenvalue weighted by molar-refractivity contribution is 0.193. The Bertz CT molecular complexity index is 604. The van der Waals surface area contributed by atoms with Crippen LogP contribution in [0.1, 0.15) is 6.42 Å². The summed E-state index contributed by atoms with van der Waals surface area (Å²) in [5.41, 5.74) is 0.930. The van der Waals surface area contributed by atoms with E-state index >= 15 is 0 Å². The Morgan fingerprint density at radius 1 is 1.15 bits per heavy atom. The average molecular weight is 385 g/mol. The highest BCUT2D eigenvalue weighted by Crippen LogP contribution is 2.38. The molecule has 2 amide bonds. The number of nitrogens with zero attached hydrogens (tertiary/aromatic N) is 3. The average Bonchev–Trinajstić information content (AvgIpc) is 2.64. The number of ether oxygens (including phenoxy) is 2. The number of nitrogens with one attached hydrogen (secondary N) is 1. The standard InChI is InChI=1S/C18H29ClN4O3/c1-21(2)7-5-6-20-18(24)23-10-8-22(9-11-23)15-13-16(25-3)14(19)12-17(15)26-4/h12-13H,5-11H2,1-4H3,(H,20,24). The third-order valence-corrected chi connectivity index (χ3v) is 4.71. The molecule has 1 aromatic carbocycles.